The number of hydrogen-bond donors (Lipinski definition) is 2. The Morgan fingerprint density at radius 1 is 1.20 bits per heavy atom. The lowest BCUT2D eigenvalue weighted by Crippen LogP contribution is -2.26. The van der Waals surface area contributed by atoms with Crippen molar-refractivity contribution in [2.45, 2.75) is 30.6 Å². The molecule has 1 amide bonds. The van der Waals surface area contributed by atoms with Crippen LogP contribution in [0.5, 0.6) is 0 Å². The summed E-state index contributed by atoms with van der Waals surface area (Å²) in [6.45, 7) is 0.914. The molecule has 1 rings (SSSR count). The summed E-state index contributed by atoms with van der Waals surface area (Å²) in [6.07, 6.45) is 3.79. The average molecular weight is 336 g/mol. The molecule has 0 fully saturated rings. The van der Waals surface area contributed by atoms with E-state index in [9.17, 15) is 4.79 Å². The lowest BCUT2D eigenvalue weighted by atomic mass is 10.2. The van der Waals surface area contributed by atoms with Crippen LogP contribution < -0.4 is 5.32 Å². The van der Waals surface area contributed by atoms with Crippen LogP contribution in [0.4, 0.5) is 0 Å². The van der Waals surface area contributed by atoms with Crippen molar-refractivity contribution in [2.75, 3.05) is 18.9 Å². The number of aliphatic hydroxyl groups excluding tert-OH is 1. The molecule has 0 heterocycles. The van der Waals surface area contributed by atoms with Crippen LogP contribution in [-0.4, -0.2) is 29.9 Å². The van der Waals surface area contributed by atoms with Crippen LogP contribution in [0.3, 0.4) is 0 Å². The molecule has 0 bridgehead atoms. The molecule has 0 aliphatic heterocycles. The Balaban J connectivity index is 2.18. The van der Waals surface area contributed by atoms with Gasteiger partial charge in [-0.2, -0.15) is 0 Å². The minimum absolute atomic E-state index is 0.00630. The number of aliphatic hydroxyl groups is 1. The molecule has 2 N–H and O–H groups in total. The molecule has 20 heavy (non-hydrogen) atoms. The molecule has 0 unspecified atom stereocenters. The van der Waals surface area contributed by atoms with Crippen LogP contribution in [-0.2, 0) is 4.79 Å². The van der Waals surface area contributed by atoms with Gasteiger partial charge in [0.1, 0.15) is 0 Å². The molecule has 0 saturated carbocycles. The van der Waals surface area contributed by atoms with Crippen LogP contribution in [0, 0.1) is 0 Å². The summed E-state index contributed by atoms with van der Waals surface area (Å²) in [5, 5.41) is 12.7. The molecule has 3 nitrogen and oxygen atoms in total. The monoisotopic (exact) mass is 335 g/mol. The molecule has 112 valence electrons. The first-order chi connectivity index (χ1) is 9.63. The number of amides is 1. The van der Waals surface area contributed by atoms with Gasteiger partial charge in [-0.05, 0) is 31.0 Å². The Labute approximate surface area is 134 Å². The number of rotatable bonds is 9. The predicted molar refractivity (Wildman–Crippen MR) is 85.7 cm³/mol. The van der Waals surface area contributed by atoms with E-state index < -0.39 is 0 Å². The third-order valence-corrected chi connectivity index (χ3v) is 4.39. The van der Waals surface area contributed by atoms with Gasteiger partial charge in [-0.1, -0.05) is 36.0 Å². The fraction of sp³-hybridized carbons (Fsp3) is 0.500. The summed E-state index contributed by atoms with van der Waals surface area (Å²) in [7, 11) is 0. The number of carbonyl (C=O) groups excluding carboxylic acids is 1. The van der Waals surface area contributed by atoms with Gasteiger partial charge in [0.05, 0.1) is 10.8 Å². The molecule has 0 radical (unpaired) electrons. The van der Waals surface area contributed by atoms with E-state index in [0.29, 0.717) is 22.3 Å². The zero-order valence-electron chi connectivity index (χ0n) is 11.2. The number of carbonyl (C=O) groups is 1. The average Bonchev–Trinajstić information content (AvgIpc) is 2.43. The van der Waals surface area contributed by atoms with Crippen molar-refractivity contribution in [1.29, 1.82) is 0 Å². The summed E-state index contributed by atoms with van der Waals surface area (Å²) in [4.78, 5) is 12.5. The van der Waals surface area contributed by atoms with Crippen molar-refractivity contribution in [1.82, 2.24) is 5.32 Å². The van der Waals surface area contributed by atoms with Crippen LogP contribution in [0.15, 0.2) is 23.1 Å². The van der Waals surface area contributed by atoms with Gasteiger partial charge in [0.15, 0.2) is 0 Å². The summed E-state index contributed by atoms with van der Waals surface area (Å²) in [6, 6.07) is 5.21. The molecule has 6 heteroatoms. The minimum Gasteiger partial charge on any atom is -0.396 e. The maximum atomic E-state index is 11.7. The Hall–Kier alpha value is -0.420. The van der Waals surface area contributed by atoms with Crippen LogP contribution in [0.25, 0.3) is 0 Å². The van der Waals surface area contributed by atoms with Gasteiger partial charge in [0.25, 0.3) is 0 Å². The van der Waals surface area contributed by atoms with Gasteiger partial charge in [0.2, 0.25) is 5.91 Å². The summed E-state index contributed by atoms with van der Waals surface area (Å²) < 4.78 is 0. The maximum Gasteiger partial charge on any atom is 0.230 e. The number of nitrogens with one attached hydrogen (secondary N) is 1. The van der Waals surface area contributed by atoms with E-state index in [1.165, 1.54) is 11.8 Å². The molecule has 0 spiro atoms. The van der Waals surface area contributed by atoms with Gasteiger partial charge >= 0.3 is 0 Å². The van der Waals surface area contributed by atoms with Crippen LogP contribution in [0.1, 0.15) is 25.7 Å². The molecule has 0 atom stereocenters. The molecule has 0 aromatic heterocycles. The fourth-order valence-electron chi connectivity index (χ4n) is 1.60. The Morgan fingerprint density at radius 3 is 2.70 bits per heavy atom. The van der Waals surface area contributed by atoms with Gasteiger partial charge in [-0.3, -0.25) is 4.79 Å². The second kappa shape index (κ2) is 10.3. The predicted octanol–water partition coefficient (Wildman–Crippen LogP) is 3.75. The molecule has 0 saturated heterocycles. The van der Waals surface area contributed by atoms with Crippen LogP contribution in [0.2, 0.25) is 10.0 Å². The van der Waals surface area contributed by atoms with E-state index in [-0.39, 0.29) is 12.5 Å². The molecular weight excluding hydrogens is 317 g/mol. The number of benzene rings is 1. The van der Waals surface area contributed by atoms with Gasteiger partial charge in [0, 0.05) is 23.1 Å². The van der Waals surface area contributed by atoms with Crippen molar-refractivity contribution in [3.05, 3.63) is 28.2 Å². The quantitative estimate of drug-likeness (QED) is 0.533. The highest BCUT2D eigenvalue weighted by atomic mass is 35.5. The normalized spacial score (nSPS) is 10.6. The van der Waals surface area contributed by atoms with E-state index in [2.05, 4.69) is 5.32 Å². The van der Waals surface area contributed by atoms with Gasteiger partial charge in [-0.25, -0.2) is 0 Å². The zero-order valence-corrected chi connectivity index (χ0v) is 13.5. The van der Waals surface area contributed by atoms with Crippen molar-refractivity contribution < 1.29 is 9.90 Å². The highest BCUT2D eigenvalue weighted by molar-refractivity contribution is 8.00. The van der Waals surface area contributed by atoms with Crippen molar-refractivity contribution in [2.24, 2.45) is 0 Å². The molecule has 0 aliphatic rings. The summed E-state index contributed by atoms with van der Waals surface area (Å²) in [5.41, 5.74) is 0. The van der Waals surface area contributed by atoms with E-state index in [1.807, 2.05) is 0 Å². The zero-order chi connectivity index (χ0) is 14.8. The Kier molecular flexibility index (Phi) is 9.10. The van der Waals surface area contributed by atoms with Gasteiger partial charge < -0.3 is 10.4 Å². The molecular formula is C14H19Cl2NO2S. The molecule has 0 aliphatic carbocycles. The second-order valence-electron chi connectivity index (χ2n) is 4.35. The maximum absolute atomic E-state index is 11.7. The minimum atomic E-state index is -0.00630. The second-order valence-corrected chi connectivity index (χ2v) is 6.21. The standard InChI is InChI=1S/C14H19Cl2NO2S/c15-11-5-6-12(16)13(9-11)20-10-14(19)17-7-3-1-2-4-8-18/h5-6,9,18H,1-4,7-8,10H2,(H,17,19). The van der Waals surface area contributed by atoms with Gasteiger partial charge in [-0.15, -0.1) is 11.8 Å². The first-order valence-corrected chi connectivity index (χ1v) is 8.33. The largest absolute Gasteiger partial charge is 0.396 e. The topological polar surface area (TPSA) is 49.3 Å². The lowest BCUT2D eigenvalue weighted by Gasteiger charge is -2.06. The third-order valence-electron chi connectivity index (χ3n) is 2.66. The lowest BCUT2D eigenvalue weighted by molar-refractivity contribution is -0.118. The van der Waals surface area contributed by atoms with Crippen molar-refractivity contribution in [3.8, 4) is 0 Å². The highest BCUT2D eigenvalue weighted by Crippen LogP contribution is 2.29. The number of thioether (sulfide) groups is 1. The van der Waals surface area contributed by atoms with Crippen molar-refractivity contribution >= 4 is 40.9 Å². The van der Waals surface area contributed by atoms with Crippen LogP contribution >= 0.6 is 35.0 Å². The van der Waals surface area contributed by atoms with E-state index in [1.54, 1.807) is 18.2 Å². The van der Waals surface area contributed by atoms with E-state index in [4.69, 9.17) is 28.3 Å². The third kappa shape index (κ3) is 7.39. The first-order valence-electron chi connectivity index (χ1n) is 6.59. The SMILES string of the molecule is O=C(CSc1cc(Cl)ccc1Cl)NCCCCCCO. The Bertz CT molecular complexity index is 430. The first kappa shape index (κ1) is 17.6. The number of hydrogen-bond acceptors (Lipinski definition) is 3. The molecule has 1 aromatic carbocycles. The summed E-state index contributed by atoms with van der Waals surface area (Å²) >= 11 is 13.3. The summed E-state index contributed by atoms with van der Waals surface area (Å²) in [5.74, 6) is 0.324. The van der Waals surface area contributed by atoms with E-state index in [0.717, 1.165) is 30.6 Å². The van der Waals surface area contributed by atoms with E-state index >= 15 is 0 Å². The number of unbranched alkanes of at least 4 members (excludes halogenated alkanes) is 3. The Morgan fingerprint density at radius 2 is 1.95 bits per heavy atom. The fourth-order valence-corrected chi connectivity index (χ4v) is 2.92. The highest BCUT2D eigenvalue weighted by Gasteiger charge is 2.06. The van der Waals surface area contributed by atoms with Crippen molar-refractivity contribution in [3.63, 3.8) is 0 Å². The molecule has 1 aromatic rings. The number of halogens is 2. The smallest absolute Gasteiger partial charge is 0.230 e.